The molecule has 1 amide bonds. The van der Waals surface area contributed by atoms with Crippen molar-refractivity contribution in [3.8, 4) is 0 Å². The number of carbonyl (C=O) groups is 3. The highest BCUT2D eigenvalue weighted by atomic mass is 35.6. The first-order chi connectivity index (χ1) is 26.4. The summed E-state index contributed by atoms with van der Waals surface area (Å²) in [5.74, 6) is -1.07. The van der Waals surface area contributed by atoms with E-state index in [1.165, 1.54) is 96.7 Å². The van der Waals surface area contributed by atoms with E-state index in [2.05, 4.69) is 25.7 Å². The van der Waals surface area contributed by atoms with Crippen LogP contribution in [0.2, 0.25) is 0 Å². The second kappa shape index (κ2) is 32.6. The van der Waals surface area contributed by atoms with Crippen molar-refractivity contribution in [1.29, 1.82) is 0 Å². The highest BCUT2D eigenvalue weighted by Gasteiger charge is 2.49. The lowest BCUT2D eigenvalue weighted by molar-refractivity contribution is -0.271. The van der Waals surface area contributed by atoms with Crippen molar-refractivity contribution in [2.75, 3.05) is 26.9 Å². The van der Waals surface area contributed by atoms with E-state index in [-0.39, 0.29) is 32.0 Å². The first-order valence-electron chi connectivity index (χ1n) is 20.9. The van der Waals surface area contributed by atoms with E-state index in [4.69, 9.17) is 63.2 Å². The number of carbonyl (C=O) groups excluding carboxylic acids is 3. The number of aliphatic hydroxyl groups excluding tert-OH is 1. The van der Waals surface area contributed by atoms with Crippen molar-refractivity contribution in [2.24, 2.45) is 0 Å². The fraction of sp³-hybridized carbons (Fsp3) is 0.878. The molecule has 2 N–H and O–H groups in total. The predicted octanol–water partition coefficient (Wildman–Crippen LogP) is 10.2. The minimum absolute atomic E-state index is 0.0123. The van der Waals surface area contributed by atoms with Crippen LogP contribution in [0.5, 0.6) is 0 Å². The Labute approximate surface area is 346 Å². The molecule has 322 valence electrons. The van der Waals surface area contributed by atoms with Gasteiger partial charge in [-0.3, -0.25) is 9.59 Å². The molecule has 1 saturated heterocycles. The number of ether oxygens (including phenoxy) is 6. The van der Waals surface area contributed by atoms with Crippen LogP contribution >= 0.6 is 34.8 Å². The average Bonchev–Trinajstić information content (AvgIpc) is 3.14. The minimum atomic E-state index is -1.87. The van der Waals surface area contributed by atoms with Crippen LogP contribution in [-0.2, 0) is 38.0 Å². The van der Waals surface area contributed by atoms with Crippen molar-refractivity contribution in [2.45, 2.75) is 202 Å². The van der Waals surface area contributed by atoms with E-state index in [1.807, 2.05) is 0 Å². The topological polar surface area (TPSA) is 139 Å². The van der Waals surface area contributed by atoms with Gasteiger partial charge in [-0.25, -0.2) is 4.79 Å². The van der Waals surface area contributed by atoms with Crippen LogP contribution in [0.3, 0.4) is 0 Å². The molecule has 0 unspecified atom stereocenters. The number of nitrogens with one attached hydrogen (secondary N) is 1. The van der Waals surface area contributed by atoms with Crippen molar-refractivity contribution < 1.29 is 47.9 Å². The Bertz CT molecular complexity index is 1020. The first kappa shape index (κ1) is 51.7. The summed E-state index contributed by atoms with van der Waals surface area (Å²) in [5, 5.41) is 13.8. The Hall–Kier alpha value is -1.34. The molecule has 0 aromatic carbocycles. The molecule has 1 aliphatic rings. The lowest BCUT2D eigenvalue weighted by atomic mass is 9.96. The van der Waals surface area contributed by atoms with Crippen LogP contribution in [0, 0.1) is 0 Å². The van der Waals surface area contributed by atoms with E-state index < -0.39 is 59.2 Å². The van der Waals surface area contributed by atoms with Gasteiger partial charge in [0.15, 0.2) is 12.4 Å². The number of aliphatic hydroxyl groups is 1. The molecule has 0 bridgehead atoms. The molecular weight excluding hydrogens is 773 g/mol. The fourth-order valence-electron chi connectivity index (χ4n) is 6.59. The van der Waals surface area contributed by atoms with Gasteiger partial charge in [0.1, 0.15) is 31.0 Å². The average molecular weight is 845 g/mol. The van der Waals surface area contributed by atoms with Gasteiger partial charge in [-0.15, -0.1) is 6.58 Å². The quantitative estimate of drug-likeness (QED) is 0.0216. The summed E-state index contributed by atoms with van der Waals surface area (Å²) in [6.45, 7) is 7.46. The van der Waals surface area contributed by atoms with Crippen LogP contribution in [0.1, 0.15) is 162 Å². The number of halogens is 3. The number of methoxy groups -OCH3 is 1. The summed E-state index contributed by atoms with van der Waals surface area (Å²) >= 11 is 17.2. The Kier molecular flexibility index (Phi) is 30.6. The largest absolute Gasteiger partial charge is 0.462 e. The van der Waals surface area contributed by atoms with Gasteiger partial charge in [-0.05, 0) is 19.3 Å². The second-order valence-corrected chi connectivity index (χ2v) is 17.2. The molecular formula is C41H72Cl3NO10. The summed E-state index contributed by atoms with van der Waals surface area (Å²) in [6.07, 6.45) is 18.3. The molecule has 0 aliphatic carbocycles. The molecule has 0 radical (unpaired) electrons. The number of esters is 2. The maximum atomic E-state index is 13.6. The molecule has 11 nitrogen and oxygen atoms in total. The summed E-state index contributed by atoms with van der Waals surface area (Å²) < 4.78 is 31.8. The zero-order valence-electron chi connectivity index (χ0n) is 33.9. The maximum Gasteiger partial charge on any atom is 0.407 e. The zero-order valence-corrected chi connectivity index (χ0v) is 36.2. The Morgan fingerprint density at radius 1 is 0.818 bits per heavy atom. The standard InChI is InChI=1S/C41H72Cl3NO10/c1-5-8-10-12-14-16-17-19-21-23-25-27-34(46)53-32(26-24-22-20-18-15-13-11-9-6-2)29-35(47)55-38-36(45-40(49)52-31-41(42,43)44)39(51-28-7-3)54-33(30-50-4)37(38)48/h7,32-33,36-39,48H,3,5-6,8-31H2,1-2,4H3,(H,45,49)/t32-,33-,36-,37-,38-,39+/m1/s1. The van der Waals surface area contributed by atoms with Gasteiger partial charge < -0.3 is 38.8 Å². The molecule has 0 aromatic rings. The van der Waals surface area contributed by atoms with E-state index in [0.29, 0.717) is 6.42 Å². The normalized spacial score (nSPS) is 20.5. The number of hydrogen-bond acceptors (Lipinski definition) is 10. The Morgan fingerprint density at radius 2 is 1.35 bits per heavy atom. The Balaban J connectivity index is 2.91. The van der Waals surface area contributed by atoms with Crippen molar-refractivity contribution in [3.63, 3.8) is 0 Å². The van der Waals surface area contributed by atoms with Crippen LogP contribution < -0.4 is 5.32 Å². The summed E-state index contributed by atoms with van der Waals surface area (Å²) in [4.78, 5) is 39.3. The third-order valence-corrected chi connectivity index (χ3v) is 9.94. The van der Waals surface area contributed by atoms with Crippen molar-refractivity contribution >= 4 is 52.8 Å². The summed E-state index contributed by atoms with van der Waals surface area (Å²) in [5.41, 5.74) is 0. The molecule has 0 aromatic heterocycles. The lowest BCUT2D eigenvalue weighted by Crippen LogP contribution is -2.66. The van der Waals surface area contributed by atoms with E-state index in [0.717, 1.165) is 44.9 Å². The monoisotopic (exact) mass is 843 g/mol. The van der Waals surface area contributed by atoms with Gasteiger partial charge in [0.05, 0.1) is 19.6 Å². The number of amides is 1. The smallest absolute Gasteiger partial charge is 0.407 e. The maximum absolute atomic E-state index is 13.6. The molecule has 0 spiro atoms. The molecule has 14 heteroatoms. The number of unbranched alkanes of at least 4 members (excludes halogenated alkanes) is 18. The lowest BCUT2D eigenvalue weighted by Gasteiger charge is -2.43. The van der Waals surface area contributed by atoms with E-state index in [9.17, 15) is 19.5 Å². The van der Waals surface area contributed by atoms with Gasteiger partial charge in [0.25, 0.3) is 0 Å². The van der Waals surface area contributed by atoms with E-state index >= 15 is 0 Å². The summed E-state index contributed by atoms with van der Waals surface area (Å²) in [6, 6.07) is -1.24. The van der Waals surface area contributed by atoms with Gasteiger partial charge in [-0.1, -0.05) is 170 Å². The SMILES string of the molecule is C=CCO[C@H]1O[C@H](COC)[C@@H](O)[C@H](OC(=O)C[C@@H](CCCCCCCCCCC)OC(=O)CCCCCCCCCCCCC)[C@H]1NC(=O)OCC(Cl)(Cl)Cl. The fourth-order valence-corrected chi connectivity index (χ4v) is 6.76. The van der Waals surface area contributed by atoms with E-state index in [1.54, 1.807) is 0 Å². The predicted molar refractivity (Wildman–Crippen MR) is 219 cm³/mol. The molecule has 6 atom stereocenters. The highest BCUT2D eigenvalue weighted by Crippen LogP contribution is 2.28. The number of alkyl carbamates (subject to hydrolysis) is 1. The molecule has 55 heavy (non-hydrogen) atoms. The molecule has 1 rings (SSSR count). The van der Waals surface area contributed by atoms with Crippen molar-refractivity contribution in [3.05, 3.63) is 12.7 Å². The van der Waals surface area contributed by atoms with Crippen LogP contribution in [0.25, 0.3) is 0 Å². The second-order valence-electron chi connectivity index (χ2n) is 14.6. The highest BCUT2D eigenvalue weighted by molar-refractivity contribution is 6.67. The van der Waals surface area contributed by atoms with Gasteiger partial charge in [0, 0.05) is 13.5 Å². The molecule has 1 aliphatic heterocycles. The van der Waals surface area contributed by atoms with Gasteiger partial charge >= 0.3 is 18.0 Å². The van der Waals surface area contributed by atoms with Crippen LogP contribution in [0.15, 0.2) is 12.7 Å². The molecule has 0 saturated carbocycles. The van der Waals surface area contributed by atoms with Gasteiger partial charge in [0.2, 0.25) is 3.79 Å². The number of hydrogen-bond donors (Lipinski definition) is 2. The third kappa shape index (κ3) is 26.3. The number of alkyl halides is 3. The first-order valence-corrected chi connectivity index (χ1v) is 22.0. The van der Waals surface area contributed by atoms with Gasteiger partial charge in [-0.2, -0.15) is 0 Å². The Morgan fingerprint density at radius 3 is 1.85 bits per heavy atom. The molecule has 1 fully saturated rings. The van der Waals surface area contributed by atoms with Crippen molar-refractivity contribution in [1.82, 2.24) is 5.32 Å². The summed E-state index contributed by atoms with van der Waals surface area (Å²) in [7, 11) is 1.43. The van der Waals surface area contributed by atoms with Crippen LogP contribution in [0.4, 0.5) is 4.79 Å². The number of rotatable bonds is 33. The minimum Gasteiger partial charge on any atom is -0.462 e. The third-order valence-electron chi connectivity index (χ3n) is 9.61. The van der Waals surface area contributed by atoms with Crippen LogP contribution in [-0.4, -0.2) is 90.6 Å². The molecule has 1 heterocycles. The zero-order chi connectivity index (χ0) is 40.7.